The molecule has 0 aliphatic heterocycles. The van der Waals surface area contributed by atoms with Crippen molar-refractivity contribution in [1.29, 1.82) is 0 Å². The molecule has 0 bridgehead atoms. The van der Waals surface area contributed by atoms with E-state index in [0.717, 1.165) is 6.42 Å². The molecule has 62 valence electrons. The largest absolute Gasteiger partial charge is 0.144 e. The van der Waals surface area contributed by atoms with Crippen LogP contribution in [-0.4, -0.2) is 0 Å². The topological polar surface area (TPSA) is 0 Å². The van der Waals surface area contributed by atoms with Gasteiger partial charge in [-0.3, -0.25) is 0 Å². The Kier molecular flexibility index (Phi) is 2.20. The molecular weight excluding hydrogens is 232 g/mol. The summed E-state index contributed by atoms with van der Waals surface area (Å²) < 4.78 is 2.62. The van der Waals surface area contributed by atoms with Gasteiger partial charge in [0.1, 0.15) is 0 Å². The fourth-order valence-electron chi connectivity index (χ4n) is 1.29. The van der Waals surface area contributed by atoms with Crippen LogP contribution in [0.2, 0.25) is 0 Å². The van der Waals surface area contributed by atoms with Crippen LogP contribution in [0.5, 0.6) is 0 Å². The molecule has 2 rings (SSSR count). The number of hydrogen-bond donors (Lipinski definition) is 0. The van der Waals surface area contributed by atoms with Crippen molar-refractivity contribution < 1.29 is 0 Å². The lowest BCUT2D eigenvalue weighted by Crippen LogP contribution is -1.80. The van der Waals surface area contributed by atoms with Crippen molar-refractivity contribution in [3.8, 4) is 0 Å². The number of thiophene rings is 1. The van der Waals surface area contributed by atoms with E-state index in [-0.39, 0.29) is 0 Å². The molecule has 0 nitrogen and oxygen atoms in total. The molecule has 0 saturated heterocycles. The van der Waals surface area contributed by atoms with Gasteiger partial charge in [0.2, 0.25) is 0 Å². The number of halogens is 1. The maximum atomic E-state index is 3.57. The van der Waals surface area contributed by atoms with E-state index in [1.54, 1.807) is 11.3 Å². The maximum absolute atomic E-state index is 3.57. The number of rotatable bonds is 1. The van der Waals surface area contributed by atoms with Crippen LogP contribution in [0.4, 0.5) is 0 Å². The van der Waals surface area contributed by atoms with Gasteiger partial charge in [-0.25, -0.2) is 0 Å². The third-order valence-electron chi connectivity index (χ3n) is 2.00. The van der Waals surface area contributed by atoms with Crippen LogP contribution in [0, 0.1) is 0 Å². The molecule has 0 fully saturated rings. The van der Waals surface area contributed by atoms with Crippen LogP contribution in [-0.2, 0) is 6.42 Å². The van der Waals surface area contributed by atoms with Gasteiger partial charge in [0.05, 0.1) is 0 Å². The predicted octanol–water partition coefficient (Wildman–Crippen LogP) is 4.23. The number of hydrogen-bond acceptors (Lipinski definition) is 1. The Morgan fingerprint density at radius 1 is 1.42 bits per heavy atom. The molecule has 12 heavy (non-hydrogen) atoms. The van der Waals surface area contributed by atoms with Crippen molar-refractivity contribution in [2.75, 3.05) is 0 Å². The van der Waals surface area contributed by atoms with Crippen molar-refractivity contribution in [3.63, 3.8) is 0 Å². The Hall–Kier alpha value is -0.340. The molecule has 2 heteroatoms. The molecule has 0 radical (unpaired) electrons. The average Bonchev–Trinajstić information content (AvgIpc) is 2.49. The summed E-state index contributed by atoms with van der Waals surface area (Å²) in [6.45, 7) is 2.18. The Balaban J connectivity index is 2.73. The normalized spacial score (nSPS) is 10.8. The lowest BCUT2D eigenvalue weighted by atomic mass is 10.1. The van der Waals surface area contributed by atoms with Gasteiger partial charge in [0.15, 0.2) is 0 Å². The van der Waals surface area contributed by atoms with E-state index in [0.29, 0.717) is 0 Å². The monoisotopic (exact) mass is 240 g/mol. The van der Waals surface area contributed by atoms with E-state index in [4.69, 9.17) is 0 Å². The highest BCUT2D eigenvalue weighted by Crippen LogP contribution is 2.28. The second-order valence-electron chi connectivity index (χ2n) is 2.76. The van der Waals surface area contributed by atoms with Gasteiger partial charge in [0.25, 0.3) is 0 Å². The van der Waals surface area contributed by atoms with Crippen LogP contribution < -0.4 is 0 Å². The van der Waals surface area contributed by atoms with Gasteiger partial charge >= 0.3 is 0 Å². The zero-order chi connectivity index (χ0) is 8.55. The van der Waals surface area contributed by atoms with Crippen LogP contribution in [0.15, 0.2) is 28.1 Å². The molecule has 0 aliphatic carbocycles. The summed E-state index contributed by atoms with van der Waals surface area (Å²) in [7, 11) is 0. The minimum Gasteiger partial charge on any atom is -0.144 e. The van der Waals surface area contributed by atoms with Crippen molar-refractivity contribution >= 4 is 37.4 Å². The molecular formula is C10H9BrS. The van der Waals surface area contributed by atoms with Crippen LogP contribution in [0.25, 0.3) is 10.1 Å². The maximum Gasteiger partial charge on any atom is 0.0346 e. The fourth-order valence-corrected chi connectivity index (χ4v) is 2.77. The smallest absolute Gasteiger partial charge is 0.0346 e. The van der Waals surface area contributed by atoms with Crippen LogP contribution in [0.3, 0.4) is 0 Å². The van der Waals surface area contributed by atoms with Crippen molar-refractivity contribution in [2.24, 2.45) is 0 Å². The molecule has 0 atom stereocenters. The minimum absolute atomic E-state index is 1.09. The first-order valence-corrected chi connectivity index (χ1v) is 5.64. The molecule has 0 spiro atoms. The Morgan fingerprint density at radius 2 is 2.25 bits per heavy atom. The van der Waals surface area contributed by atoms with Gasteiger partial charge in [-0.2, -0.15) is 0 Å². The fraction of sp³-hybridized carbons (Fsp3) is 0.200. The predicted molar refractivity (Wildman–Crippen MR) is 58.9 cm³/mol. The molecule has 1 aromatic heterocycles. The lowest BCUT2D eigenvalue weighted by Gasteiger charge is -2.00. The van der Waals surface area contributed by atoms with E-state index in [9.17, 15) is 0 Å². The summed E-state index contributed by atoms with van der Waals surface area (Å²) in [4.78, 5) is 0. The molecule has 0 amide bonds. The van der Waals surface area contributed by atoms with Crippen molar-refractivity contribution in [3.05, 3.63) is 33.6 Å². The summed E-state index contributed by atoms with van der Waals surface area (Å²) in [6, 6.07) is 6.62. The van der Waals surface area contributed by atoms with Gasteiger partial charge in [-0.15, -0.1) is 11.3 Å². The number of aryl methyl sites for hydroxylation is 1. The summed E-state index contributed by atoms with van der Waals surface area (Å²) >= 11 is 5.37. The van der Waals surface area contributed by atoms with E-state index >= 15 is 0 Å². The Labute approximate surface area is 84.4 Å². The van der Waals surface area contributed by atoms with E-state index in [2.05, 4.69) is 46.4 Å². The van der Waals surface area contributed by atoms with E-state index in [1.807, 2.05) is 0 Å². The highest BCUT2D eigenvalue weighted by molar-refractivity contribution is 9.10. The van der Waals surface area contributed by atoms with E-state index in [1.165, 1.54) is 20.1 Å². The molecule has 1 aromatic carbocycles. The number of fused-ring (bicyclic) bond motifs is 1. The molecule has 0 unspecified atom stereocenters. The highest BCUT2D eigenvalue weighted by atomic mass is 79.9. The second-order valence-corrected chi connectivity index (χ2v) is 4.56. The van der Waals surface area contributed by atoms with Crippen LogP contribution >= 0.6 is 27.3 Å². The first-order chi connectivity index (χ1) is 5.81. The first-order valence-electron chi connectivity index (χ1n) is 3.97. The van der Waals surface area contributed by atoms with Gasteiger partial charge in [-0.05, 0) is 40.9 Å². The zero-order valence-corrected chi connectivity index (χ0v) is 9.21. The number of benzene rings is 1. The van der Waals surface area contributed by atoms with Crippen molar-refractivity contribution in [2.45, 2.75) is 13.3 Å². The van der Waals surface area contributed by atoms with Gasteiger partial charge in [0, 0.05) is 9.17 Å². The summed E-state index contributed by atoms with van der Waals surface area (Å²) in [5, 5.41) is 3.47. The highest BCUT2D eigenvalue weighted by Gasteiger charge is 2.00. The standard InChI is InChI=1S/C10H9BrS/c1-2-7-6-10-8(3-4-12-10)5-9(7)11/h3-6H,2H2,1H3. The minimum atomic E-state index is 1.09. The molecule has 1 heterocycles. The summed E-state index contributed by atoms with van der Waals surface area (Å²) in [5.41, 5.74) is 1.39. The Morgan fingerprint density at radius 3 is 3.00 bits per heavy atom. The third-order valence-corrected chi connectivity index (χ3v) is 3.62. The lowest BCUT2D eigenvalue weighted by molar-refractivity contribution is 1.13. The SMILES string of the molecule is CCc1cc2sccc2cc1Br. The summed E-state index contributed by atoms with van der Waals surface area (Å²) in [6.07, 6.45) is 1.09. The summed E-state index contributed by atoms with van der Waals surface area (Å²) in [5.74, 6) is 0. The quantitative estimate of drug-likeness (QED) is 0.701. The van der Waals surface area contributed by atoms with Gasteiger partial charge < -0.3 is 0 Å². The van der Waals surface area contributed by atoms with Crippen LogP contribution in [0.1, 0.15) is 12.5 Å². The zero-order valence-electron chi connectivity index (χ0n) is 6.80. The molecule has 0 saturated carbocycles. The molecule has 2 aromatic rings. The Bertz CT molecular complexity index is 403. The average molecular weight is 241 g/mol. The third kappa shape index (κ3) is 1.29. The van der Waals surface area contributed by atoms with Crippen molar-refractivity contribution in [1.82, 2.24) is 0 Å². The molecule has 0 aliphatic rings. The van der Waals surface area contributed by atoms with E-state index < -0.39 is 0 Å². The first kappa shape index (κ1) is 8.27. The second kappa shape index (κ2) is 3.19. The molecule has 0 N–H and O–H groups in total. The van der Waals surface area contributed by atoms with Gasteiger partial charge in [-0.1, -0.05) is 22.9 Å².